The molecule has 0 spiro atoms. The Morgan fingerprint density at radius 3 is 2.70 bits per heavy atom. The van der Waals surface area contributed by atoms with E-state index in [0.717, 1.165) is 11.1 Å². The van der Waals surface area contributed by atoms with E-state index in [4.69, 9.17) is 17.0 Å². The van der Waals surface area contributed by atoms with Gasteiger partial charge in [-0.1, -0.05) is 42.2 Å². The van der Waals surface area contributed by atoms with Crippen LogP contribution in [0.1, 0.15) is 18.1 Å². The van der Waals surface area contributed by atoms with Crippen LogP contribution in [0.4, 0.5) is 11.4 Å². The maximum absolute atomic E-state index is 12.6. The molecule has 0 saturated carbocycles. The number of nitrogens with one attached hydrogen (secondary N) is 2. The van der Waals surface area contributed by atoms with Gasteiger partial charge in [-0.15, -0.1) is 0 Å². The van der Waals surface area contributed by atoms with Gasteiger partial charge in [0.25, 0.3) is 11.8 Å². The van der Waals surface area contributed by atoms with Gasteiger partial charge < -0.3 is 20.3 Å². The normalized spacial score (nSPS) is 16.9. The molecular formula is C21H17N3O4S2. The van der Waals surface area contributed by atoms with E-state index in [9.17, 15) is 14.4 Å². The standard InChI is InChI=1S/C21H17N3O4S2/c1-12(25)22-15-5-2-13(3-6-15)10-24-16-8-14(4-7-17(16)28-11-19(24)26)9-18-20(27)23-21(29)30-18/h2-9H,10-11H2,1H3,(H,22,25)(H,23,27,29). The maximum Gasteiger partial charge on any atom is 0.265 e. The number of ether oxygens (including phenoxy) is 1. The van der Waals surface area contributed by atoms with Crippen LogP contribution < -0.4 is 20.3 Å². The van der Waals surface area contributed by atoms with E-state index in [1.807, 2.05) is 24.3 Å². The summed E-state index contributed by atoms with van der Waals surface area (Å²) in [7, 11) is 0. The second-order valence-electron chi connectivity index (χ2n) is 6.73. The van der Waals surface area contributed by atoms with Crippen LogP contribution in [0.15, 0.2) is 47.4 Å². The Bertz CT molecular complexity index is 1100. The van der Waals surface area contributed by atoms with E-state index >= 15 is 0 Å². The molecule has 2 aliphatic heterocycles. The molecule has 0 unspecified atom stereocenters. The smallest absolute Gasteiger partial charge is 0.265 e. The fourth-order valence-corrected chi connectivity index (χ4v) is 4.18. The van der Waals surface area contributed by atoms with Crippen LogP contribution in [0.25, 0.3) is 6.08 Å². The summed E-state index contributed by atoms with van der Waals surface area (Å²) in [4.78, 5) is 37.8. The average Bonchev–Trinajstić information content (AvgIpc) is 3.02. The van der Waals surface area contributed by atoms with Crippen LogP contribution in [0, 0.1) is 0 Å². The molecule has 2 aliphatic rings. The van der Waals surface area contributed by atoms with E-state index in [-0.39, 0.29) is 24.3 Å². The van der Waals surface area contributed by atoms with Crippen molar-refractivity contribution in [3.63, 3.8) is 0 Å². The number of hydrogen-bond donors (Lipinski definition) is 2. The van der Waals surface area contributed by atoms with E-state index in [2.05, 4.69) is 10.6 Å². The summed E-state index contributed by atoms with van der Waals surface area (Å²) in [5, 5.41) is 5.30. The molecule has 2 heterocycles. The molecule has 3 amide bonds. The van der Waals surface area contributed by atoms with Crippen molar-refractivity contribution >= 4 is 63.5 Å². The minimum absolute atomic E-state index is 0.0378. The molecule has 152 valence electrons. The predicted molar refractivity (Wildman–Crippen MR) is 120 cm³/mol. The van der Waals surface area contributed by atoms with Gasteiger partial charge in [0.05, 0.1) is 17.1 Å². The third-order valence-electron chi connectivity index (χ3n) is 4.48. The molecule has 7 nitrogen and oxygen atoms in total. The molecule has 1 fully saturated rings. The lowest BCUT2D eigenvalue weighted by atomic mass is 10.1. The first-order chi connectivity index (χ1) is 14.4. The second-order valence-corrected chi connectivity index (χ2v) is 8.44. The minimum atomic E-state index is -0.230. The lowest BCUT2D eigenvalue weighted by molar-refractivity contribution is -0.121. The van der Waals surface area contributed by atoms with Crippen molar-refractivity contribution in [3.05, 3.63) is 58.5 Å². The zero-order valence-corrected chi connectivity index (χ0v) is 17.6. The van der Waals surface area contributed by atoms with Crippen molar-refractivity contribution in [2.24, 2.45) is 0 Å². The number of carbonyl (C=O) groups excluding carboxylic acids is 3. The highest BCUT2D eigenvalue weighted by atomic mass is 32.2. The van der Waals surface area contributed by atoms with Crippen molar-refractivity contribution in [2.75, 3.05) is 16.8 Å². The topological polar surface area (TPSA) is 87.7 Å². The first-order valence-electron chi connectivity index (χ1n) is 9.07. The van der Waals surface area contributed by atoms with Crippen LogP contribution in [0.3, 0.4) is 0 Å². The molecule has 0 atom stereocenters. The zero-order valence-electron chi connectivity index (χ0n) is 15.9. The van der Waals surface area contributed by atoms with Crippen molar-refractivity contribution in [3.8, 4) is 5.75 Å². The van der Waals surface area contributed by atoms with Gasteiger partial charge >= 0.3 is 0 Å². The van der Waals surface area contributed by atoms with Gasteiger partial charge in [0, 0.05) is 12.6 Å². The quantitative estimate of drug-likeness (QED) is 0.562. The lowest BCUT2D eigenvalue weighted by Gasteiger charge is -2.30. The minimum Gasteiger partial charge on any atom is -0.482 e. The SMILES string of the molecule is CC(=O)Nc1ccc(CN2C(=O)COc3ccc(C=C4SC(=S)NC4=O)cc32)cc1. The first-order valence-corrected chi connectivity index (χ1v) is 10.3. The molecule has 0 radical (unpaired) electrons. The number of thioether (sulfide) groups is 1. The number of fused-ring (bicyclic) bond motifs is 1. The Hall–Kier alpha value is -3.17. The van der Waals surface area contributed by atoms with E-state index < -0.39 is 0 Å². The number of thiocarbonyl (C=S) groups is 1. The van der Waals surface area contributed by atoms with Crippen LogP contribution >= 0.6 is 24.0 Å². The molecule has 0 aliphatic carbocycles. The molecule has 9 heteroatoms. The lowest BCUT2D eigenvalue weighted by Crippen LogP contribution is -2.38. The summed E-state index contributed by atoms with van der Waals surface area (Å²) < 4.78 is 5.99. The van der Waals surface area contributed by atoms with Gasteiger partial charge in [-0.2, -0.15) is 0 Å². The fraction of sp³-hybridized carbons (Fsp3) is 0.143. The second kappa shape index (κ2) is 8.29. The number of rotatable bonds is 4. The average molecular weight is 440 g/mol. The van der Waals surface area contributed by atoms with Gasteiger partial charge in [-0.3, -0.25) is 14.4 Å². The fourth-order valence-electron chi connectivity index (χ4n) is 3.13. The molecule has 0 aromatic heterocycles. The molecular weight excluding hydrogens is 422 g/mol. The molecule has 1 saturated heterocycles. The van der Waals surface area contributed by atoms with Crippen molar-refractivity contribution in [1.82, 2.24) is 5.32 Å². The Morgan fingerprint density at radius 2 is 2.03 bits per heavy atom. The number of carbonyl (C=O) groups is 3. The van der Waals surface area contributed by atoms with E-state index in [1.165, 1.54) is 18.7 Å². The largest absolute Gasteiger partial charge is 0.482 e. The van der Waals surface area contributed by atoms with Gasteiger partial charge in [0.2, 0.25) is 5.91 Å². The third-order valence-corrected chi connectivity index (χ3v) is 5.64. The summed E-state index contributed by atoms with van der Waals surface area (Å²) in [6, 6.07) is 12.7. The first kappa shape index (κ1) is 20.1. The number of hydrogen-bond acceptors (Lipinski definition) is 6. The highest BCUT2D eigenvalue weighted by Crippen LogP contribution is 2.35. The zero-order chi connectivity index (χ0) is 21.3. The molecule has 2 aromatic rings. The summed E-state index contributed by atoms with van der Waals surface area (Å²) in [6.45, 7) is 1.77. The highest BCUT2D eigenvalue weighted by molar-refractivity contribution is 8.26. The van der Waals surface area contributed by atoms with Crippen LogP contribution in [-0.2, 0) is 20.9 Å². The number of amides is 3. The summed E-state index contributed by atoms with van der Waals surface area (Å²) in [5.74, 6) is 0.0702. The highest BCUT2D eigenvalue weighted by Gasteiger charge is 2.27. The van der Waals surface area contributed by atoms with Crippen LogP contribution in [0.2, 0.25) is 0 Å². The van der Waals surface area contributed by atoms with Crippen LogP contribution in [-0.4, -0.2) is 28.6 Å². The molecule has 2 N–H and O–H groups in total. The molecule has 0 bridgehead atoms. The Kier molecular flexibility index (Phi) is 5.56. The summed E-state index contributed by atoms with van der Waals surface area (Å²) >= 11 is 6.23. The summed E-state index contributed by atoms with van der Waals surface area (Å²) in [6.07, 6.45) is 1.74. The summed E-state index contributed by atoms with van der Waals surface area (Å²) in [5.41, 5.74) is 3.00. The van der Waals surface area contributed by atoms with Crippen LogP contribution in [0.5, 0.6) is 5.75 Å². The van der Waals surface area contributed by atoms with Crippen molar-refractivity contribution in [1.29, 1.82) is 0 Å². The predicted octanol–water partition coefficient (Wildman–Crippen LogP) is 3.06. The number of nitrogens with zero attached hydrogens (tertiary/aromatic N) is 1. The molecule has 2 aromatic carbocycles. The monoisotopic (exact) mass is 439 g/mol. The number of anilines is 2. The van der Waals surface area contributed by atoms with E-state index in [0.29, 0.717) is 32.9 Å². The van der Waals surface area contributed by atoms with E-state index in [1.54, 1.807) is 29.2 Å². The van der Waals surface area contributed by atoms with Gasteiger partial charge in [-0.25, -0.2) is 0 Å². The Morgan fingerprint density at radius 1 is 1.27 bits per heavy atom. The number of benzene rings is 2. The van der Waals surface area contributed by atoms with Crippen molar-refractivity contribution in [2.45, 2.75) is 13.5 Å². The third kappa shape index (κ3) is 4.37. The van der Waals surface area contributed by atoms with Crippen molar-refractivity contribution < 1.29 is 19.1 Å². The van der Waals surface area contributed by atoms with Gasteiger partial charge in [0.15, 0.2) is 6.61 Å². The molecule has 30 heavy (non-hydrogen) atoms. The maximum atomic E-state index is 12.6. The molecule has 4 rings (SSSR count). The van der Waals surface area contributed by atoms with Gasteiger partial charge in [0.1, 0.15) is 10.1 Å². The Balaban J connectivity index is 1.60. The van der Waals surface area contributed by atoms with Gasteiger partial charge in [-0.05, 0) is 41.5 Å². The Labute approximate surface area is 182 Å².